The monoisotopic (exact) mass is 292 g/mol. The average Bonchev–Trinajstić information content (AvgIpc) is 2.49. The number of hydrogen-bond donors (Lipinski definition) is 0. The fourth-order valence-electron chi connectivity index (χ4n) is 2.02. The van der Waals surface area contributed by atoms with Crippen LogP contribution in [0.25, 0.3) is 0 Å². The molecule has 0 amide bonds. The third-order valence-corrected chi connectivity index (χ3v) is 3.04. The summed E-state index contributed by atoms with van der Waals surface area (Å²) in [6, 6.07) is 19.0. The second-order valence-corrected chi connectivity index (χ2v) is 5.05. The van der Waals surface area contributed by atoms with Gasteiger partial charge < -0.3 is 9.47 Å². The third kappa shape index (κ3) is 3.61. The molecular formula is C18H16N2O2. The number of ether oxygens (including phenoxy) is 2. The standard InChI is InChI=1S/C18H16N2O2/c1-13-5-3-7-15(11-13)21-17-9-10-18(20-19-17)22-16-8-4-6-14(2)12-16/h3-12H,1-2H3. The number of aryl methyl sites for hydroxylation is 2. The highest BCUT2D eigenvalue weighted by molar-refractivity contribution is 5.33. The highest BCUT2D eigenvalue weighted by atomic mass is 16.5. The Kier molecular flexibility index (Phi) is 4.01. The van der Waals surface area contributed by atoms with Gasteiger partial charge in [-0.15, -0.1) is 10.2 Å². The normalized spacial score (nSPS) is 10.3. The van der Waals surface area contributed by atoms with Gasteiger partial charge in [-0.1, -0.05) is 24.3 Å². The Morgan fingerprint density at radius 3 is 1.45 bits per heavy atom. The zero-order valence-corrected chi connectivity index (χ0v) is 12.5. The lowest BCUT2D eigenvalue weighted by Crippen LogP contribution is -1.94. The summed E-state index contributed by atoms with van der Waals surface area (Å²) in [5.74, 6) is 2.34. The molecule has 0 saturated carbocycles. The van der Waals surface area contributed by atoms with E-state index in [4.69, 9.17) is 9.47 Å². The molecule has 3 rings (SSSR count). The van der Waals surface area contributed by atoms with Crippen molar-refractivity contribution in [2.24, 2.45) is 0 Å². The fraction of sp³-hybridized carbons (Fsp3) is 0.111. The van der Waals surface area contributed by atoms with Gasteiger partial charge in [0, 0.05) is 12.1 Å². The van der Waals surface area contributed by atoms with E-state index < -0.39 is 0 Å². The van der Waals surface area contributed by atoms with Gasteiger partial charge in [0.15, 0.2) is 0 Å². The van der Waals surface area contributed by atoms with E-state index in [1.165, 1.54) is 0 Å². The van der Waals surface area contributed by atoms with Crippen LogP contribution in [0.1, 0.15) is 11.1 Å². The first-order chi connectivity index (χ1) is 10.7. The Morgan fingerprint density at radius 2 is 1.09 bits per heavy atom. The lowest BCUT2D eigenvalue weighted by molar-refractivity contribution is 0.426. The maximum absolute atomic E-state index is 5.65. The molecule has 0 aliphatic rings. The third-order valence-electron chi connectivity index (χ3n) is 3.04. The summed E-state index contributed by atoms with van der Waals surface area (Å²) >= 11 is 0. The fourth-order valence-corrected chi connectivity index (χ4v) is 2.02. The second kappa shape index (κ2) is 6.26. The quantitative estimate of drug-likeness (QED) is 0.700. The molecule has 0 fully saturated rings. The Morgan fingerprint density at radius 1 is 0.636 bits per heavy atom. The maximum atomic E-state index is 5.65. The van der Waals surface area contributed by atoms with E-state index in [0.717, 1.165) is 22.6 Å². The lowest BCUT2D eigenvalue weighted by Gasteiger charge is -2.07. The number of aromatic nitrogens is 2. The molecule has 4 nitrogen and oxygen atoms in total. The van der Waals surface area contributed by atoms with Gasteiger partial charge in [0.05, 0.1) is 0 Å². The smallest absolute Gasteiger partial charge is 0.239 e. The summed E-state index contributed by atoms with van der Waals surface area (Å²) in [5, 5.41) is 8.05. The van der Waals surface area contributed by atoms with Crippen molar-refractivity contribution in [3.8, 4) is 23.3 Å². The van der Waals surface area contributed by atoms with Crippen LogP contribution in [0.4, 0.5) is 0 Å². The summed E-state index contributed by atoms with van der Waals surface area (Å²) in [6.07, 6.45) is 0. The summed E-state index contributed by atoms with van der Waals surface area (Å²) in [4.78, 5) is 0. The highest BCUT2D eigenvalue weighted by Crippen LogP contribution is 2.23. The average molecular weight is 292 g/mol. The minimum absolute atomic E-state index is 0.433. The van der Waals surface area contributed by atoms with Crippen molar-refractivity contribution in [2.75, 3.05) is 0 Å². The molecule has 0 aliphatic heterocycles. The molecule has 2 aromatic carbocycles. The van der Waals surface area contributed by atoms with Crippen LogP contribution in [0.5, 0.6) is 23.3 Å². The molecule has 1 aromatic heterocycles. The van der Waals surface area contributed by atoms with Crippen molar-refractivity contribution in [3.05, 3.63) is 71.8 Å². The molecule has 0 unspecified atom stereocenters. The molecule has 0 atom stereocenters. The van der Waals surface area contributed by atoms with Gasteiger partial charge in [0.2, 0.25) is 11.8 Å². The number of benzene rings is 2. The van der Waals surface area contributed by atoms with Crippen molar-refractivity contribution >= 4 is 0 Å². The minimum Gasteiger partial charge on any atom is -0.438 e. The van der Waals surface area contributed by atoms with E-state index in [9.17, 15) is 0 Å². The molecule has 0 aliphatic carbocycles. The van der Waals surface area contributed by atoms with E-state index in [1.807, 2.05) is 62.4 Å². The Labute approximate surface area is 129 Å². The van der Waals surface area contributed by atoms with Crippen LogP contribution in [0.3, 0.4) is 0 Å². The Hall–Kier alpha value is -2.88. The van der Waals surface area contributed by atoms with Gasteiger partial charge in [-0.25, -0.2) is 0 Å². The maximum Gasteiger partial charge on any atom is 0.239 e. The first-order valence-electron chi connectivity index (χ1n) is 7.02. The summed E-state index contributed by atoms with van der Waals surface area (Å²) in [5.41, 5.74) is 2.26. The van der Waals surface area contributed by atoms with Crippen LogP contribution < -0.4 is 9.47 Å². The zero-order valence-electron chi connectivity index (χ0n) is 12.5. The van der Waals surface area contributed by atoms with E-state index in [2.05, 4.69) is 10.2 Å². The zero-order chi connectivity index (χ0) is 15.4. The van der Waals surface area contributed by atoms with Crippen molar-refractivity contribution in [1.82, 2.24) is 10.2 Å². The summed E-state index contributed by atoms with van der Waals surface area (Å²) in [6.45, 7) is 4.02. The van der Waals surface area contributed by atoms with Crippen LogP contribution in [-0.2, 0) is 0 Å². The summed E-state index contributed by atoms with van der Waals surface area (Å²) < 4.78 is 11.3. The van der Waals surface area contributed by atoms with E-state index in [1.54, 1.807) is 12.1 Å². The van der Waals surface area contributed by atoms with Crippen molar-refractivity contribution in [1.29, 1.82) is 0 Å². The molecule has 0 spiro atoms. The molecule has 110 valence electrons. The molecule has 0 N–H and O–H groups in total. The van der Waals surface area contributed by atoms with Crippen LogP contribution >= 0.6 is 0 Å². The molecule has 4 heteroatoms. The summed E-state index contributed by atoms with van der Waals surface area (Å²) in [7, 11) is 0. The van der Waals surface area contributed by atoms with Gasteiger partial charge in [-0.05, 0) is 49.2 Å². The molecule has 1 heterocycles. The van der Waals surface area contributed by atoms with Crippen LogP contribution in [0.2, 0.25) is 0 Å². The molecule has 0 saturated heterocycles. The molecule has 22 heavy (non-hydrogen) atoms. The highest BCUT2D eigenvalue weighted by Gasteiger charge is 2.03. The van der Waals surface area contributed by atoms with Gasteiger partial charge in [-0.3, -0.25) is 0 Å². The molecule has 3 aromatic rings. The van der Waals surface area contributed by atoms with Crippen LogP contribution in [0, 0.1) is 13.8 Å². The molecular weight excluding hydrogens is 276 g/mol. The van der Waals surface area contributed by atoms with Crippen molar-refractivity contribution < 1.29 is 9.47 Å². The van der Waals surface area contributed by atoms with E-state index in [0.29, 0.717) is 11.8 Å². The van der Waals surface area contributed by atoms with E-state index in [-0.39, 0.29) is 0 Å². The predicted octanol–water partition coefficient (Wildman–Crippen LogP) is 4.68. The first-order valence-corrected chi connectivity index (χ1v) is 7.02. The topological polar surface area (TPSA) is 44.2 Å². The van der Waals surface area contributed by atoms with Crippen molar-refractivity contribution in [3.63, 3.8) is 0 Å². The van der Waals surface area contributed by atoms with E-state index >= 15 is 0 Å². The Bertz CT molecular complexity index is 704. The molecule has 0 radical (unpaired) electrons. The Balaban J connectivity index is 1.70. The second-order valence-electron chi connectivity index (χ2n) is 5.05. The van der Waals surface area contributed by atoms with Gasteiger partial charge in [0.1, 0.15) is 11.5 Å². The number of hydrogen-bond acceptors (Lipinski definition) is 4. The largest absolute Gasteiger partial charge is 0.438 e. The predicted molar refractivity (Wildman–Crippen MR) is 84.5 cm³/mol. The van der Waals surface area contributed by atoms with Gasteiger partial charge in [0.25, 0.3) is 0 Å². The minimum atomic E-state index is 0.433. The van der Waals surface area contributed by atoms with Crippen LogP contribution in [-0.4, -0.2) is 10.2 Å². The van der Waals surface area contributed by atoms with Gasteiger partial charge >= 0.3 is 0 Å². The number of rotatable bonds is 4. The SMILES string of the molecule is Cc1cccc(Oc2ccc(Oc3cccc(C)c3)nn2)c1. The van der Waals surface area contributed by atoms with Gasteiger partial charge in [-0.2, -0.15) is 0 Å². The lowest BCUT2D eigenvalue weighted by atomic mass is 10.2. The number of nitrogens with zero attached hydrogens (tertiary/aromatic N) is 2. The van der Waals surface area contributed by atoms with Crippen LogP contribution in [0.15, 0.2) is 60.7 Å². The molecule has 0 bridgehead atoms. The van der Waals surface area contributed by atoms with Crippen molar-refractivity contribution in [2.45, 2.75) is 13.8 Å². The first kappa shape index (κ1) is 14.1.